The molecule has 0 saturated carbocycles. The fourth-order valence-corrected chi connectivity index (χ4v) is 6.79. The Morgan fingerprint density at radius 1 is 1.25 bits per heavy atom. The Morgan fingerprint density at radius 3 is 2.86 bits per heavy atom. The molecule has 3 aliphatic rings. The molecule has 152 valence electrons. The Morgan fingerprint density at radius 2 is 2.14 bits per heavy atom. The summed E-state index contributed by atoms with van der Waals surface area (Å²) in [5.41, 5.74) is 0.790. The fraction of sp³-hybridized carbons (Fsp3) is 0.632. The number of fused-ring (bicyclic) bond motifs is 1. The highest BCUT2D eigenvalue weighted by Gasteiger charge is 2.47. The summed E-state index contributed by atoms with van der Waals surface area (Å²) in [5, 5.41) is 9.73. The molecular formula is C19H23F3N4S2. The topological polar surface area (TPSA) is 33.1 Å². The number of halogens is 3. The summed E-state index contributed by atoms with van der Waals surface area (Å²) in [7, 11) is 0. The molecule has 2 aromatic rings. The molecule has 4 atom stereocenters. The van der Waals surface area contributed by atoms with E-state index in [1.807, 2.05) is 35.3 Å². The van der Waals surface area contributed by atoms with Gasteiger partial charge < -0.3 is 5.32 Å². The van der Waals surface area contributed by atoms with Gasteiger partial charge in [0.05, 0.1) is 17.8 Å². The minimum Gasteiger partial charge on any atom is -0.363 e. The molecule has 2 aromatic heterocycles. The lowest BCUT2D eigenvalue weighted by Crippen LogP contribution is -2.36. The number of rotatable bonds is 3. The van der Waals surface area contributed by atoms with E-state index < -0.39 is 12.2 Å². The number of aromatic nitrogens is 2. The second-order valence-electron chi connectivity index (χ2n) is 7.82. The van der Waals surface area contributed by atoms with Gasteiger partial charge in [0.1, 0.15) is 5.82 Å². The normalized spacial score (nSPS) is 31.1. The second kappa shape index (κ2) is 7.25. The first kappa shape index (κ1) is 18.8. The summed E-state index contributed by atoms with van der Waals surface area (Å²) in [5.74, 6) is 2.79. The van der Waals surface area contributed by atoms with Crippen LogP contribution < -0.4 is 5.32 Å². The molecule has 2 saturated heterocycles. The van der Waals surface area contributed by atoms with Crippen LogP contribution in [-0.2, 0) is 0 Å². The van der Waals surface area contributed by atoms with Gasteiger partial charge in [0.15, 0.2) is 6.04 Å². The molecule has 9 heteroatoms. The van der Waals surface area contributed by atoms with Crippen molar-refractivity contribution >= 4 is 28.9 Å². The maximum absolute atomic E-state index is 13.8. The van der Waals surface area contributed by atoms with E-state index in [2.05, 4.69) is 15.3 Å². The van der Waals surface area contributed by atoms with E-state index in [4.69, 9.17) is 0 Å². The summed E-state index contributed by atoms with van der Waals surface area (Å²) in [4.78, 5) is 3.42. The van der Waals surface area contributed by atoms with E-state index in [1.165, 1.54) is 28.2 Å². The summed E-state index contributed by atoms with van der Waals surface area (Å²) in [6.45, 7) is 1.02. The molecule has 0 unspecified atom stereocenters. The van der Waals surface area contributed by atoms with Crippen LogP contribution in [0.25, 0.3) is 0 Å². The first-order valence-corrected chi connectivity index (χ1v) is 11.8. The van der Waals surface area contributed by atoms with Crippen LogP contribution in [-0.4, -0.2) is 44.9 Å². The number of anilines is 1. The predicted molar refractivity (Wildman–Crippen MR) is 107 cm³/mol. The Kier molecular flexibility index (Phi) is 4.87. The van der Waals surface area contributed by atoms with Gasteiger partial charge in [0.2, 0.25) is 0 Å². The van der Waals surface area contributed by atoms with Crippen LogP contribution >= 0.6 is 23.1 Å². The number of hydrogen-bond acceptors (Lipinski definition) is 5. The number of nitrogens with one attached hydrogen (secondary N) is 1. The molecule has 0 aliphatic carbocycles. The van der Waals surface area contributed by atoms with Gasteiger partial charge in [-0.15, -0.1) is 11.3 Å². The molecule has 0 aromatic carbocycles. The molecule has 0 spiro atoms. The maximum atomic E-state index is 13.8. The van der Waals surface area contributed by atoms with E-state index in [9.17, 15) is 13.2 Å². The third-order valence-corrected chi connectivity index (χ3v) is 8.24. The van der Waals surface area contributed by atoms with Crippen LogP contribution in [0.4, 0.5) is 19.0 Å². The standard InChI is InChI=1S/C19H23F3N4S2/c20-19(21,22)17-9-14(16-4-2-7-28-16)23-18-10-13(24-26(17)18)15-3-1-6-25(15)12-5-8-27-11-12/h2,4,7,10,12,14-15,17,23H,1,3,5-6,8-9,11H2/t12-,14+,15-,17-/m1/s1. The molecule has 0 bridgehead atoms. The zero-order valence-electron chi connectivity index (χ0n) is 15.4. The minimum atomic E-state index is -4.31. The lowest BCUT2D eigenvalue weighted by Gasteiger charge is -2.32. The largest absolute Gasteiger partial charge is 0.410 e. The van der Waals surface area contributed by atoms with Gasteiger partial charge in [-0.25, -0.2) is 4.68 Å². The summed E-state index contributed by atoms with van der Waals surface area (Å²) >= 11 is 3.46. The van der Waals surface area contributed by atoms with Gasteiger partial charge in [-0.3, -0.25) is 4.90 Å². The second-order valence-corrected chi connectivity index (χ2v) is 9.95. The summed E-state index contributed by atoms with van der Waals surface area (Å²) < 4.78 is 42.7. The van der Waals surface area contributed by atoms with Crippen molar-refractivity contribution in [3.8, 4) is 0 Å². The molecule has 2 fully saturated rings. The molecule has 1 N–H and O–H groups in total. The van der Waals surface area contributed by atoms with E-state index in [0.717, 1.165) is 35.7 Å². The van der Waals surface area contributed by atoms with Crippen molar-refractivity contribution in [1.29, 1.82) is 0 Å². The highest BCUT2D eigenvalue weighted by atomic mass is 32.2. The monoisotopic (exact) mass is 428 g/mol. The average Bonchev–Trinajstić information content (AvgIpc) is 3.47. The summed E-state index contributed by atoms with van der Waals surface area (Å²) in [6, 6.07) is 4.41. The molecule has 0 amide bonds. The molecular weight excluding hydrogens is 405 g/mol. The lowest BCUT2D eigenvalue weighted by atomic mass is 10.0. The highest BCUT2D eigenvalue weighted by Crippen LogP contribution is 2.46. The van der Waals surface area contributed by atoms with Crippen LogP contribution in [0.2, 0.25) is 0 Å². The van der Waals surface area contributed by atoms with Gasteiger partial charge in [-0.2, -0.15) is 30.0 Å². The number of thiophene rings is 1. The van der Waals surface area contributed by atoms with Crippen LogP contribution in [0.5, 0.6) is 0 Å². The highest BCUT2D eigenvalue weighted by molar-refractivity contribution is 7.99. The van der Waals surface area contributed by atoms with Crippen LogP contribution in [0.1, 0.15) is 54.4 Å². The van der Waals surface area contributed by atoms with Gasteiger partial charge in [0, 0.05) is 29.2 Å². The molecule has 3 aliphatic heterocycles. The molecule has 5 heterocycles. The van der Waals surface area contributed by atoms with Crippen molar-refractivity contribution in [1.82, 2.24) is 14.7 Å². The predicted octanol–water partition coefficient (Wildman–Crippen LogP) is 5.25. The molecule has 28 heavy (non-hydrogen) atoms. The number of thioether (sulfide) groups is 1. The Hall–Kier alpha value is -1.19. The van der Waals surface area contributed by atoms with Crippen molar-refractivity contribution in [3.05, 3.63) is 34.2 Å². The summed E-state index contributed by atoms with van der Waals surface area (Å²) in [6.07, 6.45) is -1.11. The van der Waals surface area contributed by atoms with Crippen LogP contribution in [0.3, 0.4) is 0 Å². The maximum Gasteiger partial charge on any atom is 0.410 e. The van der Waals surface area contributed by atoms with Gasteiger partial charge in [0.25, 0.3) is 0 Å². The first-order chi connectivity index (χ1) is 13.5. The van der Waals surface area contributed by atoms with E-state index in [-0.39, 0.29) is 18.5 Å². The van der Waals surface area contributed by atoms with E-state index in [0.29, 0.717) is 11.9 Å². The molecule has 0 radical (unpaired) electrons. The SMILES string of the molecule is FC(F)(F)[C@H]1C[C@@H](c2cccs2)Nc2cc([C@H]3CCCN3[C@@H]3CCSC3)nn21. The van der Waals surface area contributed by atoms with Gasteiger partial charge >= 0.3 is 6.18 Å². The van der Waals surface area contributed by atoms with Crippen LogP contribution in [0.15, 0.2) is 23.6 Å². The van der Waals surface area contributed by atoms with Gasteiger partial charge in [-0.05, 0) is 43.0 Å². The van der Waals surface area contributed by atoms with Crippen molar-refractivity contribution < 1.29 is 13.2 Å². The van der Waals surface area contributed by atoms with Crippen molar-refractivity contribution in [2.24, 2.45) is 0 Å². The van der Waals surface area contributed by atoms with Crippen molar-refractivity contribution in [2.75, 3.05) is 23.4 Å². The Labute approximate surface area is 170 Å². The van der Waals surface area contributed by atoms with E-state index in [1.54, 1.807) is 0 Å². The van der Waals surface area contributed by atoms with Crippen LogP contribution in [0, 0.1) is 0 Å². The third kappa shape index (κ3) is 3.35. The average molecular weight is 429 g/mol. The zero-order chi connectivity index (χ0) is 19.3. The zero-order valence-corrected chi connectivity index (χ0v) is 17.0. The lowest BCUT2D eigenvalue weighted by molar-refractivity contribution is -0.173. The third-order valence-electron chi connectivity index (χ3n) is 6.11. The molecule has 4 nitrogen and oxygen atoms in total. The first-order valence-electron chi connectivity index (χ1n) is 9.80. The smallest absolute Gasteiger partial charge is 0.363 e. The minimum absolute atomic E-state index is 0.0220. The fourth-order valence-electron chi connectivity index (χ4n) is 4.76. The molecule has 5 rings (SSSR count). The number of hydrogen-bond donors (Lipinski definition) is 1. The number of likely N-dealkylation sites (tertiary alicyclic amines) is 1. The Bertz CT molecular complexity index is 814. The number of nitrogens with zero attached hydrogens (tertiary/aromatic N) is 3. The Balaban J connectivity index is 1.47. The van der Waals surface area contributed by atoms with Crippen molar-refractivity contribution in [3.63, 3.8) is 0 Å². The van der Waals surface area contributed by atoms with Crippen molar-refractivity contribution in [2.45, 2.75) is 56.0 Å². The van der Waals surface area contributed by atoms with Gasteiger partial charge in [-0.1, -0.05) is 6.07 Å². The quantitative estimate of drug-likeness (QED) is 0.724. The number of alkyl halides is 3. The van der Waals surface area contributed by atoms with E-state index >= 15 is 0 Å².